The quantitative estimate of drug-likeness (QED) is 0.645. The van der Waals surface area contributed by atoms with Crippen molar-refractivity contribution in [2.75, 3.05) is 10.6 Å². The van der Waals surface area contributed by atoms with Crippen LogP contribution in [-0.2, 0) is 0 Å². The van der Waals surface area contributed by atoms with E-state index in [9.17, 15) is 13.2 Å². The van der Waals surface area contributed by atoms with Gasteiger partial charge in [0.1, 0.15) is 5.82 Å². The van der Waals surface area contributed by atoms with Crippen molar-refractivity contribution in [3.8, 4) is 5.88 Å². The molecule has 1 heterocycles. The molecule has 0 saturated heterocycles. The van der Waals surface area contributed by atoms with Gasteiger partial charge in [0.05, 0.1) is 23.3 Å². The molecule has 1 aromatic carbocycles. The lowest BCUT2D eigenvalue weighted by Crippen LogP contribution is -2.12. The molecule has 1 unspecified atom stereocenters. The summed E-state index contributed by atoms with van der Waals surface area (Å²) in [4.78, 5) is 3.66. The topological polar surface area (TPSA) is 46.2 Å². The molecule has 0 aliphatic rings. The number of pyridine rings is 1. The second-order valence-corrected chi connectivity index (χ2v) is 5.86. The van der Waals surface area contributed by atoms with Crippen LogP contribution in [-0.4, -0.2) is 17.4 Å². The summed E-state index contributed by atoms with van der Waals surface area (Å²) < 4.78 is 46.1. The fourth-order valence-electron chi connectivity index (χ4n) is 2.24. The summed E-state index contributed by atoms with van der Waals surface area (Å²) in [5.74, 6) is -1.30. The minimum Gasteiger partial charge on any atom is -0.444 e. The first-order valence-electron chi connectivity index (χ1n) is 7.99. The standard InChI is InChI=1S/C19H20F3N3O/c1-5-6-13-7-17(24-11(2)3)18(8-14(13)21)25-16-9-19(26-12(4)20)23-10-15(16)22/h6-12,24H,1H2,2-4H3,(H,23,25). The number of anilines is 3. The third-order valence-corrected chi connectivity index (χ3v) is 3.22. The van der Waals surface area contributed by atoms with Crippen molar-refractivity contribution in [3.63, 3.8) is 0 Å². The van der Waals surface area contributed by atoms with Crippen LogP contribution >= 0.6 is 0 Å². The Morgan fingerprint density at radius 1 is 1.12 bits per heavy atom. The molecule has 4 nitrogen and oxygen atoms in total. The van der Waals surface area contributed by atoms with Crippen LogP contribution in [0.5, 0.6) is 5.88 Å². The zero-order valence-corrected chi connectivity index (χ0v) is 14.7. The monoisotopic (exact) mass is 363 g/mol. The van der Waals surface area contributed by atoms with Crippen molar-refractivity contribution in [2.45, 2.75) is 33.2 Å². The molecule has 7 heteroatoms. The molecule has 1 atom stereocenters. The Labute approximate surface area is 150 Å². The van der Waals surface area contributed by atoms with E-state index in [1.807, 2.05) is 13.8 Å². The second-order valence-electron chi connectivity index (χ2n) is 5.86. The number of aromatic nitrogens is 1. The Hall–Kier alpha value is -2.92. The highest BCUT2D eigenvalue weighted by Crippen LogP contribution is 2.32. The first kappa shape index (κ1) is 19.4. The molecule has 26 heavy (non-hydrogen) atoms. The van der Waals surface area contributed by atoms with Gasteiger partial charge in [0, 0.05) is 30.7 Å². The van der Waals surface area contributed by atoms with E-state index in [0.29, 0.717) is 16.9 Å². The molecule has 0 bridgehead atoms. The van der Waals surface area contributed by atoms with Gasteiger partial charge in [-0.25, -0.2) is 18.2 Å². The number of alkyl halides is 1. The fraction of sp³-hybridized carbons (Fsp3) is 0.263. The van der Waals surface area contributed by atoms with Crippen LogP contribution in [0.25, 0.3) is 6.08 Å². The van der Waals surface area contributed by atoms with Crippen LogP contribution < -0.4 is 15.4 Å². The molecular formula is C19H20F3N3O. The summed E-state index contributed by atoms with van der Waals surface area (Å²) in [6, 6.07) is 4.05. The minimum atomic E-state index is -1.60. The van der Waals surface area contributed by atoms with Gasteiger partial charge >= 0.3 is 0 Å². The van der Waals surface area contributed by atoms with Gasteiger partial charge < -0.3 is 15.4 Å². The number of rotatable bonds is 7. The van der Waals surface area contributed by atoms with Crippen molar-refractivity contribution >= 4 is 23.1 Å². The van der Waals surface area contributed by atoms with Crippen LogP contribution in [0.15, 0.2) is 36.7 Å². The lowest BCUT2D eigenvalue weighted by atomic mass is 10.1. The SMILES string of the molecule is C=C=Cc1cc(NC(C)C)c(Nc2cc(OC(C)F)ncc2F)cc1F. The molecule has 0 radical (unpaired) electrons. The molecule has 0 saturated carbocycles. The number of nitrogens with one attached hydrogen (secondary N) is 2. The summed E-state index contributed by atoms with van der Waals surface area (Å²) in [6.07, 6.45) is 0.717. The number of nitrogens with zero attached hydrogens (tertiary/aromatic N) is 1. The summed E-state index contributed by atoms with van der Waals surface area (Å²) in [7, 11) is 0. The zero-order chi connectivity index (χ0) is 19.3. The van der Waals surface area contributed by atoms with Crippen LogP contribution in [0.3, 0.4) is 0 Å². The first-order valence-corrected chi connectivity index (χ1v) is 7.99. The Bertz CT molecular complexity index is 831. The van der Waals surface area contributed by atoms with Gasteiger partial charge in [0.25, 0.3) is 0 Å². The molecule has 0 fully saturated rings. The van der Waals surface area contributed by atoms with Crippen molar-refractivity contribution in [2.24, 2.45) is 0 Å². The number of hydrogen-bond acceptors (Lipinski definition) is 4. The maximum atomic E-state index is 14.3. The van der Waals surface area contributed by atoms with E-state index < -0.39 is 18.0 Å². The lowest BCUT2D eigenvalue weighted by molar-refractivity contribution is 0.0809. The van der Waals surface area contributed by atoms with Crippen LogP contribution in [0.2, 0.25) is 0 Å². The molecular weight excluding hydrogens is 343 g/mol. The number of hydrogen-bond donors (Lipinski definition) is 2. The Kier molecular flexibility index (Phi) is 6.31. The van der Waals surface area contributed by atoms with E-state index in [1.54, 1.807) is 6.07 Å². The Morgan fingerprint density at radius 3 is 2.46 bits per heavy atom. The van der Waals surface area contributed by atoms with E-state index >= 15 is 0 Å². The van der Waals surface area contributed by atoms with E-state index in [1.165, 1.54) is 25.1 Å². The highest BCUT2D eigenvalue weighted by molar-refractivity contribution is 5.77. The third-order valence-electron chi connectivity index (χ3n) is 3.22. The molecule has 0 aliphatic carbocycles. The fourth-order valence-corrected chi connectivity index (χ4v) is 2.24. The second kappa shape index (κ2) is 8.45. The van der Waals surface area contributed by atoms with E-state index in [-0.39, 0.29) is 17.6 Å². The van der Waals surface area contributed by atoms with Crippen molar-refractivity contribution in [1.82, 2.24) is 4.98 Å². The third kappa shape index (κ3) is 5.04. The maximum absolute atomic E-state index is 14.3. The van der Waals surface area contributed by atoms with Gasteiger partial charge in [-0.15, -0.1) is 5.73 Å². The van der Waals surface area contributed by atoms with Crippen LogP contribution in [0.4, 0.5) is 30.2 Å². The minimum absolute atomic E-state index is 0.0196. The molecule has 0 aliphatic heterocycles. The van der Waals surface area contributed by atoms with Gasteiger partial charge in [-0.05, 0) is 26.0 Å². The van der Waals surface area contributed by atoms with E-state index in [2.05, 4.69) is 27.9 Å². The predicted octanol–water partition coefficient (Wildman–Crippen LogP) is 5.42. The Morgan fingerprint density at radius 2 is 1.85 bits per heavy atom. The average Bonchev–Trinajstić information content (AvgIpc) is 2.54. The summed E-state index contributed by atoms with van der Waals surface area (Å²) in [5, 5.41) is 5.96. The highest BCUT2D eigenvalue weighted by Gasteiger charge is 2.14. The Balaban J connectivity index is 2.44. The van der Waals surface area contributed by atoms with Crippen LogP contribution in [0.1, 0.15) is 26.3 Å². The average molecular weight is 363 g/mol. The van der Waals surface area contributed by atoms with Gasteiger partial charge in [-0.1, -0.05) is 6.58 Å². The zero-order valence-electron chi connectivity index (χ0n) is 14.7. The van der Waals surface area contributed by atoms with Gasteiger partial charge in [-0.2, -0.15) is 0 Å². The number of benzene rings is 1. The van der Waals surface area contributed by atoms with Gasteiger partial charge in [-0.3, -0.25) is 0 Å². The molecule has 0 amide bonds. The van der Waals surface area contributed by atoms with Crippen molar-refractivity contribution in [3.05, 3.63) is 53.9 Å². The normalized spacial score (nSPS) is 11.7. The summed E-state index contributed by atoms with van der Waals surface area (Å²) in [5.41, 5.74) is 3.66. The first-order chi connectivity index (χ1) is 12.3. The largest absolute Gasteiger partial charge is 0.444 e. The summed E-state index contributed by atoms with van der Waals surface area (Å²) >= 11 is 0. The molecule has 2 N–H and O–H groups in total. The molecule has 2 aromatic rings. The van der Waals surface area contributed by atoms with Crippen LogP contribution in [0, 0.1) is 11.6 Å². The molecule has 0 spiro atoms. The molecule has 138 valence electrons. The van der Waals surface area contributed by atoms with Crippen molar-refractivity contribution in [1.29, 1.82) is 0 Å². The predicted molar refractivity (Wildman–Crippen MR) is 97.4 cm³/mol. The smallest absolute Gasteiger partial charge is 0.237 e. The van der Waals surface area contributed by atoms with E-state index in [0.717, 1.165) is 6.20 Å². The lowest BCUT2D eigenvalue weighted by Gasteiger charge is -2.18. The number of ether oxygens (including phenoxy) is 1. The maximum Gasteiger partial charge on any atom is 0.237 e. The van der Waals surface area contributed by atoms with E-state index in [4.69, 9.17) is 4.74 Å². The van der Waals surface area contributed by atoms with Gasteiger partial charge in [0.15, 0.2) is 5.82 Å². The van der Waals surface area contributed by atoms with Crippen molar-refractivity contribution < 1.29 is 17.9 Å². The number of halogens is 3. The molecule has 2 rings (SSSR count). The summed E-state index contributed by atoms with van der Waals surface area (Å²) in [6.45, 7) is 8.45. The molecule has 1 aromatic heterocycles. The van der Waals surface area contributed by atoms with Gasteiger partial charge in [0.2, 0.25) is 12.2 Å². The highest BCUT2D eigenvalue weighted by atomic mass is 19.1.